The number of nitrogens with two attached hydrogens (primary N) is 6. The molecule has 0 aromatic heterocycles. The summed E-state index contributed by atoms with van der Waals surface area (Å²) in [5, 5.41) is 21.4. The van der Waals surface area contributed by atoms with Gasteiger partial charge in [0.2, 0.25) is 47.3 Å². The van der Waals surface area contributed by atoms with Crippen LogP contribution < -0.4 is 61.0 Å². The fraction of sp³-hybridized carbons (Fsp3) is 0.655. The van der Waals surface area contributed by atoms with E-state index in [9.17, 15) is 48.3 Å². The van der Waals surface area contributed by atoms with Gasteiger partial charge < -0.3 is 66.1 Å². The second-order valence-electron chi connectivity index (χ2n) is 12.0. The number of nitrogens with one attached hydrogen (secondary N) is 5. The van der Waals surface area contributed by atoms with Gasteiger partial charge >= 0.3 is 5.97 Å². The molecule has 288 valence electrons. The van der Waals surface area contributed by atoms with Gasteiger partial charge in [-0.3, -0.25) is 43.3 Å². The van der Waals surface area contributed by atoms with Gasteiger partial charge in [0.05, 0.1) is 6.54 Å². The minimum atomic E-state index is -1.52. The third-order valence-electron chi connectivity index (χ3n) is 7.04. The van der Waals surface area contributed by atoms with Gasteiger partial charge in [0.1, 0.15) is 30.2 Å². The van der Waals surface area contributed by atoms with Gasteiger partial charge in [-0.1, -0.05) is 13.8 Å². The molecule has 0 saturated heterocycles. The first-order valence-corrected chi connectivity index (χ1v) is 16.1. The van der Waals surface area contributed by atoms with Crippen LogP contribution in [0.2, 0.25) is 0 Å². The average Bonchev–Trinajstić information content (AvgIpc) is 3.02. The Morgan fingerprint density at radius 2 is 0.922 bits per heavy atom. The number of amides is 8. The molecule has 51 heavy (non-hydrogen) atoms. The maximum absolute atomic E-state index is 13.6. The highest BCUT2D eigenvalue weighted by atomic mass is 16.4. The van der Waals surface area contributed by atoms with E-state index in [1.165, 1.54) is 0 Å². The number of hydrogen-bond donors (Lipinski definition) is 12. The number of hydrogen-bond acceptors (Lipinski definition) is 11. The molecule has 5 atom stereocenters. The molecule has 0 aliphatic rings. The molecule has 22 nitrogen and oxygen atoms in total. The Kier molecular flexibility index (Phi) is 21.2. The number of carboxylic acid groups (broad SMARTS) is 1. The number of nitrogens with zero attached hydrogens (tertiary/aromatic N) is 1. The number of aliphatic carboxylic acids is 1. The van der Waals surface area contributed by atoms with Gasteiger partial charge in [0.15, 0.2) is 5.96 Å². The van der Waals surface area contributed by atoms with Crippen molar-refractivity contribution < 1.29 is 48.3 Å². The summed E-state index contributed by atoms with van der Waals surface area (Å²) < 4.78 is 0. The van der Waals surface area contributed by atoms with Gasteiger partial charge in [0.25, 0.3) is 0 Å². The van der Waals surface area contributed by atoms with E-state index in [0.717, 1.165) is 0 Å². The minimum Gasteiger partial charge on any atom is -0.480 e. The van der Waals surface area contributed by atoms with Gasteiger partial charge in [-0.25, -0.2) is 4.79 Å². The summed E-state index contributed by atoms with van der Waals surface area (Å²) in [5.74, 6) is -8.74. The molecule has 8 amide bonds. The molecule has 0 radical (unpaired) electrons. The maximum atomic E-state index is 13.6. The zero-order chi connectivity index (χ0) is 39.3. The lowest BCUT2D eigenvalue weighted by Crippen LogP contribution is -2.59. The first kappa shape index (κ1) is 45.5. The molecular weight excluding hydrogens is 676 g/mol. The Hall–Kier alpha value is -5.54. The summed E-state index contributed by atoms with van der Waals surface area (Å²) in [6, 6.07) is -7.14. The molecule has 18 N–H and O–H groups in total. The molecule has 0 rings (SSSR count). The van der Waals surface area contributed by atoms with Gasteiger partial charge in [0, 0.05) is 25.8 Å². The van der Waals surface area contributed by atoms with Crippen molar-refractivity contribution in [2.45, 2.75) is 102 Å². The fourth-order valence-corrected chi connectivity index (χ4v) is 4.47. The molecule has 0 aliphatic heterocycles. The number of rotatable bonds is 26. The molecule has 0 aromatic rings. The lowest BCUT2D eigenvalue weighted by Gasteiger charge is -2.27. The fourth-order valence-electron chi connectivity index (χ4n) is 4.47. The molecule has 0 spiro atoms. The normalized spacial score (nSPS) is 13.6. The van der Waals surface area contributed by atoms with Crippen LogP contribution in [0.5, 0.6) is 0 Å². The molecule has 0 aliphatic carbocycles. The quantitative estimate of drug-likeness (QED) is 0.0225. The third-order valence-corrected chi connectivity index (χ3v) is 7.04. The van der Waals surface area contributed by atoms with E-state index in [1.54, 1.807) is 13.8 Å². The van der Waals surface area contributed by atoms with Crippen molar-refractivity contribution in [1.29, 1.82) is 0 Å². The van der Waals surface area contributed by atoms with Crippen LogP contribution >= 0.6 is 0 Å². The number of carboxylic acids is 1. The molecule has 22 heteroatoms. The van der Waals surface area contributed by atoms with Gasteiger partial charge in [-0.05, 0) is 44.4 Å². The Bertz CT molecular complexity index is 1290. The highest BCUT2D eigenvalue weighted by Gasteiger charge is 2.33. The van der Waals surface area contributed by atoms with Crippen LogP contribution in [0.3, 0.4) is 0 Å². The highest BCUT2D eigenvalue weighted by Crippen LogP contribution is 2.09. The molecular formula is C29H52N12O10. The van der Waals surface area contributed by atoms with Crippen LogP contribution in [0.15, 0.2) is 4.99 Å². The Morgan fingerprint density at radius 1 is 0.569 bits per heavy atom. The van der Waals surface area contributed by atoms with Crippen molar-refractivity contribution in [2.75, 3.05) is 13.1 Å². The van der Waals surface area contributed by atoms with Crippen LogP contribution in [-0.2, 0) is 43.2 Å². The number of aliphatic imine (C=N–C) groups is 1. The zero-order valence-corrected chi connectivity index (χ0v) is 28.8. The van der Waals surface area contributed by atoms with Crippen LogP contribution in [0.4, 0.5) is 0 Å². The predicted molar refractivity (Wildman–Crippen MR) is 181 cm³/mol. The Labute approximate surface area is 294 Å². The Morgan fingerprint density at radius 3 is 1.24 bits per heavy atom. The third kappa shape index (κ3) is 20.5. The Balaban J connectivity index is 6.40. The molecule has 0 aromatic carbocycles. The summed E-state index contributed by atoms with van der Waals surface area (Å²) in [6.07, 6.45) is -2.05. The van der Waals surface area contributed by atoms with E-state index in [2.05, 4.69) is 31.6 Å². The summed E-state index contributed by atoms with van der Waals surface area (Å²) in [4.78, 5) is 115. The first-order valence-electron chi connectivity index (χ1n) is 16.1. The standard InChI is InChI=1S/C29H52N12O10/c1-14(2)12-19(28(50)51)41-27(49)18(7-10-22(33)44)39-24(46)15(4-3-11-36-29(34)35)38-26(48)17(6-9-21(32)43)40-25(47)16(5-8-20(31)42)37-23(45)13-30/h14-19H,3-13,30H2,1-2H3,(H2,31,42)(H2,32,43)(H2,33,44)(H,37,45)(H,38,48)(H,39,46)(H,40,47)(H,41,49)(H,50,51)(H4,34,35,36)/t15-,16-,17-,18-,19-/m0/s1. The van der Waals surface area contributed by atoms with Crippen LogP contribution in [-0.4, -0.2) is 108 Å². The molecule has 0 heterocycles. The first-order chi connectivity index (χ1) is 23.8. The summed E-state index contributed by atoms with van der Waals surface area (Å²) >= 11 is 0. The lowest BCUT2D eigenvalue weighted by molar-refractivity contribution is -0.143. The van der Waals surface area contributed by atoms with E-state index in [1.807, 2.05) is 0 Å². The van der Waals surface area contributed by atoms with Gasteiger partial charge in [-0.15, -0.1) is 0 Å². The summed E-state index contributed by atoms with van der Waals surface area (Å²) in [6.45, 7) is 2.98. The van der Waals surface area contributed by atoms with Crippen molar-refractivity contribution in [2.24, 2.45) is 45.3 Å². The van der Waals surface area contributed by atoms with E-state index in [4.69, 9.17) is 34.4 Å². The second kappa shape index (κ2) is 23.8. The topological polar surface area (TPSA) is 402 Å². The summed E-state index contributed by atoms with van der Waals surface area (Å²) in [5.41, 5.74) is 31.7. The van der Waals surface area contributed by atoms with Crippen molar-refractivity contribution >= 4 is 59.2 Å². The largest absolute Gasteiger partial charge is 0.480 e. The lowest BCUT2D eigenvalue weighted by atomic mass is 10.0. The van der Waals surface area contributed by atoms with Gasteiger partial charge in [-0.2, -0.15) is 0 Å². The monoisotopic (exact) mass is 728 g/mol. The maximum Gasteiger partial charge on any atom is 0.326 e. The smallest absolute Gasteiger partial charge is 0.326 e. The SMILES string of the molecule is CC(C)C[C@H](NC(=O)[C@H](CCC(N)=O)NC(=O)[C@H](CCCN=C(N)N)NC(=O)[C@H](CCC(N)=O)NC(=O)[C@H](CCC(N)=O)NC(=O)CN)C(=O)O. The van der Waals surface area contributed by atoms with Crippen LogP contribution in [0, 0.1) is 5.92 Å². The second-order valence-corrected chi connectivity index (χ2v) is 12.0. The van der Waals surface area contributed by atoms with Crippen molar-refractivity contribution in [3.63, 3.8) is 0 Å². The van der Waals surface area contributed by atoms with E-state index < -0.39 is 96.4 Å². The number of primary amides is 3. The molecule has 0 unspecified atom stereocenters. The molecule has 0 saturated carbocycles. The van der Waals surface area contributed by atoms with E-state index in [-0.39, 0.29) is 69.8 Å². The number of carbonyl (C=O) groups is 9. The van der Waals surface area contributed by atoms with E-state index in [0.29, 0.717) is 0 Å². The molecule has 0 fully saturated rings. The average molecular weight is 729 g/mol. The highest BCUT2D eigenvalue weighted by molar-refractivity contribution is 5.96. The molecule has 0 bridgehead atoms. The van der Waals surface area contributed by atoms with Crippen LogP contribution in [0.25, 0.3) is 0 Å². The summed E-state index contributed by atoms with van der Waals surface area (Å²) in [7, 11) is 0. The number of guanidine groups is 1. The van der Waals surface area contributed by atoms with Crippen molar-refractivity contribution in [3.05, 3.63) is 0 Å². The minimum absolute atomic E-state index is 0.00723. The van der Waals surface area contributed by atoms with E-state index >= 15 is 0 Å². The van der Waals surface area contributed by atoms with Crippen molar-refractivity contribution in [3.8, 4) is 0 Å². The predicted octanol–water partition coefficient (Wildman–Crippen LogP) is -5.65. The van der Waals surface area contributed by atoms with Crippen molar-refractivity contribution in [1.82, 2.24) is 26.6 Å². The zero-order valence-electron chi connectivity index (χ0n) is 28.8. The number of carbonyl (C=O) groups excluding carboxylic acids is 8. The van der Waals surface area contributed by atoms with Crippen LogP contribution in [0.1, 0.15) is 71.6 Å².